The molecule has 1 amide bonds. The third kappa shape index (κ3) is 1.64. The van der Waals surface area contributed by atoms with Crippen molar-refractivity contribution in [3.8, 4) is 5.75 Å². The number of carbonyl (C=O) groups excluding carboxylic acids is 1. The fourth-order valence-electron chi connectivity index (χ4n) is 2.19. The number of amides is 1. The zero-order valence-electron chi connectivity index (χ0n) is 10.0. The van der Waals surface area contributed by atoms with Crippen molar-refractivity contribution in [2.75, 3.05) is 4.90 Å². The number of fused-ring (bicyclic) bond motifs is 1. The van der Waals surface area contributed by atoms with Gasteiger partial charge in [0.1, 0.15) is 5.75 Å². The standard InChI is InChI=1S/C15H13NO2/c1-11-16(12-7-3-2-4-8-12)15(17)13-9-5-6-10-14(13)18-11/h2-11H,1H3/t11-/m1/s1. The lowest BCUT2D eigenvalue weighted by Gasteiger charge is -2.34. The molecule has 0 fully saturated rings. The largest absolute Gasteiger partial charge is 0.470 e. The summed E-state index contributed by atoms with van der Waals surface area (Å²) in [6.07, 6.45) is -0.296. The summed E-state index contributed by atoms with van der Waals surface area (Å²) in [6.45, 7) is 1.88. The van der Waals surface area contributed by atoms with E-state index in [0.29, 0.717) is 11.3 Å². The Kier molecular flexibility index (Phi) is 2.52. The quantitative estimate of drug-likeness (QED) is 0.765. The molecular weight excluding hydrogens is 226 g/mol. The molecule has 18 heavy (non-hydrogen) atoms. The molecule has 0 aromatic heterocycles. The smallest absolute Gasteiger partial charge is 0.264 e. The fourth-order valence-corrected chi connectivity index (χ4v) is 2.19. The number of anilines is 1. The van der Waals surface area contributed by atoms with Crippen LogP contribution in [0.4, 0.5) is 5.69 Å². The van der Waals surface area contributed by atoms with Crippen molar-refractivity contribution in [3.63, 3.8) is 0 Å². The van der Waals surface area contributed by atoms with Gasteiger partial charge in [0.05, 0.1) is 5.56 Å². The third-order valence-electron chi connectivity index (χ3n) is 3.03. The summed E-state index contributed by atoms with van der Waals surface area (Å²) < 4.78 is 5.77. The van der Waals surface area contributed by atoms with E-state index >= 15 is 0 Å². The Morgan fingerprint density at radius 1 is 1.00 bits per heavy atom. The predicted octanol–water partition coefficient (Wildman–Crippen LogP) is 3.07. The number of hydrogen-bond donors (Lipinski definition) is 0. The molecule has 0 spiro atoms. The average Bonchev–Trinajstić information content (AvgIpc) is 2.40. The first kappa shape index (κ1) is 10.8. The minimum absolute atomic E-state index is 0.0180. The summed E-state index contributed by atoms with van der Waals surface area (Å²) >= 11 is 0. The Morgan fingerprint density at radius 2 is 1.67 bits per heavy atom. The minimum Gasteiger partial charge on any atom is -0.470 e. The molecule has 3 nitrogen and oxygen atoms in total. The van der Waals surface area contributed by atoms with Gasteiger partial charge in [-0.15, -0.1) is 0 Å². The van der Waals surface area contributed by atoms with Crippen molar-refractivity contribution in [1.29, 1.82) is 0 Å². The molecule has 0 aliphatic carbocycles. The van der Waals surface area contributed by atoms with Crippen LogP contribution in [0.15, 0.2) is 54.6 Å². The molecule has 0 saturated heterocycles. The van der Waals surface area contributed by atoms with Crippen molar-refractivity contribution < 1.29 is 9.53 Å². The Bertz CT molecular complexity index is 580. The first-order chi connectivity index (χ1) is 8.77. The van der Waals surface area contributed by atoms with E-state index in [1.165, 1.54) is 0 Å². The molecule has 3 heteroatoms. The van der Waals surface area contributed by atoms with Crippen LogP contribution in [0.5, 0.6) is 5.75 Å². The second kappa shape index (κ2) is 4.18. The van der Waals surface area contributed by atoms with Gasteiger partial charge in [-0.1, -0.05) is 30.3 Å². The lowest BCUT2D eigenvalue weighted by atomic mass is 10.1. The third-order valence-corrected chi connectivity index (χ3v) is 3.03. The molecule has 0 N–H and O–H groups in total. The van der Waals surface area contributed by atoms with E-state index in [-0.39, 0.29) is 12.1 Å². The zero-order chi connectivity index (χ0) is 12.5. The predicted molar refractivity (Wildman–Crippen MR) is 69.8 cm³/mol. The highest BCUT2D eigenvalue weighted by molar-refractivity contribution is 6.09. The van der Waals surface area contributed by atoms with Gasteiger partial charge in [-0.25, -0.2) is 0 Å². The first-order valence-corrected chi connectivity index (χ1v) is 5.91. The van der Waals surface area contributed by atoms with Crippen LogP contribution in [0.1, 0.15) is 17.3 Å². The van der Waals surface area contributed by atoms with Gasteiger partial charge in [0.25, 0.3) is 5.91 Å². The maximum atomic E-state index is 12.5. The number of rotatable bonds is 1. The SMILES string of the molecule is C[C@H]1Oc2ccccc2C(=O)N1c1ccccc1. The van der Waals surface area contributed by atoms with Gasteiger partial charge in [-0.3, -0.25) is 9.69 Å². The first-order valence-electron chi connectivity index (χ1n) is 5.91. The Balaban J connectivity index is 2.06. The molecular formula is C15H13NO2. The highest BCUT2D eigenvalue weighted by atomic mass is 16.5. The number of carbonyl (C=O) groups is 1. The van der Waals surface area contributed by atoms with E-state index in [0.717, 1.165) is 5.69 Å². The lowest BCUT2D eigenvalue weighted by molar-refractivity contribution is 0.0877. The molecule has 0 saturated carbocycles. The highest BCUT2D eigenvalue weighted by Gasteiger charge is 2.31. The van der Waals surface area contributed by atoms with Gasteiger partial charge in [0.2, 0.25) is 0 Å². The normalized spacial score (nSPS) is 18.2. The van der Waals surface area contributed by atoms with Gasteiger partial charge in [0, 0.05) is 5.69 Å². The molecule has 2 aromatic carbocycles. The number of ether oxygens (including phenoxy) is 1. The summed E-state index contributed by atoms with van der Waals surface area (Å²) in [5.74, 6) is 0.637. The Labute approximate surface area is 106 Å². The van der Waals surface area contributed by atoms with Crippen LogP contribution in [0.2, 0.25) is 0 Å². The molecule has 0 radical (unpaired) electrons. The monoisotopic (exact) mass is 239 g/mol. The van der Waals surface area contributed by atoms with Gasteiger partial charge in [0.15, 0.2) is 6.23 Å². The van der Waals surface area contributed by atoms with Gasteiger partial charge in [-0.2, -0.15) is 0 Å². The van der Waals surface area contributed by atoms with Crippen LogP contribution in [0.3, 0.4) is 0 Å². The lowest BCUT2D eigenvalue weighted by Crippen LogP contribution is -2.45. The maximum absolute atomic E-state index is 12.5. The zero-order valence-corrected chi connectivity index (χ0v) is 10.0. The highest BCUT2D eigenvalue weighted by Crippen LogP contribution is 2.30. The number of para-hydroxylation sites is 2. The molecule has 3 rings (SSSR count). The molecule has 1 aliphatic heterocycles. The Morgan fingerprint density at radius 3 is 2.44 bits per heavy atom. The van der Waals surface area contributed by atoms with E-state index in [1.54, 1.807) is 11.0 Å². The van der Waals surface area contributed by atoms with Crippen LogP contribution in [-0.4, -0.2) is 12.1 Å². The Hall–Kier alpha value is -2.29. The summed E-state index contributed by atoms with van der Waals surface area (Å²) in [5, 5.41) is 0. The van der Waals surface area contributed by atoms with Crippen LogP contribution < -0.4 is 9.64 Å². The topological polar surface area (TPSA) is 29.5 Å². The summed E-state index contributed by atoms with van der Waals surface area (Å²) in [5.41, 5.74) is 1.46. The van der Waals surface area contributed by atoms with Gasteiger partial charge in [-0.05, 0) is 31.2 Å². The van der Waals surface area contributed by atoms with Crippen molar-refractivity contribution >= 4 is 11.6 Å². The molecule has 90 valence electrons. The van der Waals surface area contributed by atoms with Crippen LogP contribution >= 0.6 is 0 Å². The molecule has 1 aliphatic rings. The minimum atomic E-state index is -0.296. The van der Waals surface area contributed by atoms with Gasteiger partial charge >= 0.3 is 0 Å². The van der Waals surface area contributed by atoms with Crippen LogP contribution in [0.25, 0.3) is 0 Å². The molecule has 0 unspecified atom stereocenters. The van der Waals surface area contributed by atoms with Crippen molar-refractivity contribution in [3.05, 3.63) is 60.2 Å². The van der Waals surface area contributed by atoms with Gasteiger partial charge < -0.3 is 4.74 Å². The molecule has 1 heterocycles. The molecule has 2 aromatic rings. The number of hydrogen-bond acceptors (Lipinski definition) is 2. The van der Waals surface area contributed by atoms with E-state index in [9.17, 15) is 4.79 Å². The summed E-state index contributed by atoms with van der Waals surface area (Å²) in [7, 11) is 0. The van der Waals surface area contributed by atoms with E-state index in [1.807, 2.05) is 55.5 Å². The second-order valence-corrected chi connectivity index (χ2v) is 4.22. The molecule has 0 bridgehead atoms. The number of nitrogens with zero attached hydrogens (tertiary/aromatic N) is 1. The van der Waals surface area contributed by atoms with Crippen molar-refractivity contribution in [2.45, 2.75) is 13.2 Å². The van der Waals surface area contributed by atoms with Crippen molar-refractivity contribution in [1.82, 2.24) is 0 Å². The van der Waals surface area contributed by atoms with Crippen LogP contribution in [-0.2, 0) is 0 Å². The fraction of sp³-hybridized carbons (Fsp3) is 0.133. The average molecular weight is 239 g/mol. The molecule has 1 atom stereocenters. The van der Waals surface area contributed by atoms with Crippen molar-refractivity contribution in [2.24, 2.45) is 0 Å². The van der Waals surface area contributed by atoms with Crippen LogP contribution in [0, 0.1) is 0 Å². The maximum Gasteiger partial charge on any atom is 0.264 e. The van der Waals surface area contributed by atoms with E-state index in [2.05, 4.69) is 0 Å². The number of benzene rings is 2. The summed E-state index contributed by atoms with van der Waals surface area (Å²) in [4.78, 5) is 14.1. The summed E-state index contributed by atoms with van der Waals surface area (Å²) in [6, 6.07) is 16.9. The van der Waals surface area contributed by atoms with E-state index in [4.69, 9.17) is 4.74 Å². The second-order valence-electron chi connectivity index (χ2n) is 4.22. The van der Waals surface area contributed by atoms with E-state index < -0.39 is 0 Å².